The number of nitrogens with two attached hydrogens (primary N) is 1. The lowest BCUT2D eigenvalue weighted by Crippen LogP contribution is -2.20. The van der Waals surface area contributed by atoms with Crippen LogP contribution in [0.15, 0.2) is 54.1 Å². The molecule has 2 atom stereocenters. The van der Waals surface area contributed by atoms with Gasteiger partial charge in [0, 0.05) is 5.69 Å². The van der Waals surface area contributed by atoms with Crippen LogP contribution in [0.1, 0.15) is 30.9 Å². The number of carboxylic acids is 1. The largest absolute Gasteiger partial charge is 0.497 e. The van der Waals surface area contributed by atoms with Gasteiger partial charge in [-0.2, -0.15) is 0 Å². The molecule has 4 heteroatoms. The predicted molar refractivity (Wildman–Crippen MR) is 97.0 cm³/mol. The molecule has 0 fully saturated rings. The van der Waals surface area contributed by atoms with Crippen LogP contribution in [-0.4, -0.2) is 18.2 Å². The van der Waals surface area contributed by atoms with E-state index in [2.05, 4.69) is 0 Å². The van der Waals surface area contributed by atoms with Gasteiger partial charge in [-0.1, -0.05) is 42.8 Å². The number of benzene rings is 2. The number of rotatable bonds is 6. The number of carboxylic acid groups (broad SMARTS) is 1. The molecule has 3 N–H and O–H groups in total. The monoisotopic (exact) mass is 325 g/mol. The first kappa shape index (κ1) is 17.6. The topological polar surface area (TPSA) is 72.5 Å². The van der Waals surface area contributed by atoms with Crippen LogP contribution in [0.2, 0.25) is 0 Å². The van der Waals surface area contributed by atoms with Crippen LogP contribution in [0.5, 0.6) is 5.75 Å². The summed E-state index contributed by atoms with van der Waals surface area (Å²) in [6, 6.07) is 14.7. The summed E-state index contributed by atoms with van der Waals surface area (Å²) in [7, 11) is 1.63. The first-order valence-electron chi connectivity index (χ1n) is 7.83. The van der Waals surface area contributed by atoms with Crippen molar-refractivity contribution in [1.29, 1.82) is 0 Å². The molecule has 0 saturated heterocycles. The van der Waals surface area contributed by atoms with Gasteiger partial charge in [-0.3, -0.25) is 4.79 Å². The molecule has 0 saturated carbocycles. The number of carbonyl (C=O) groups is 1. The molecule has 126 valence electrons. The van der Waals surface area contributed by atoms with E-state index in [1.54, 1.807) is 31.4 Å². The number of anilines is 1. The summed E-state index contributed by atoms with van der Waals surface area (Å²) < 4.78 is 5.15. The molecule has 0 heterocycles. The maximum atomic E-state index is 11.8. The van der Waals surface area contributed by atoms with Crippen molar-refractivity contribution >= 4 is 17.7 Å². The molecule has 2 rings (SSSR count). The summed E-state index contributed by atoms with van der Waals surface area (Å²) in [4.78, 5) is 11.8. The number of ether oxygens (including phenoxy) is 1. The second-order valence-electron chi connectivity index (χ2n) is 5.93. The summed E-state index contributed by atoms with van der Waals surface area (Å²) in [6.07, 6.45) is 2.01. The van der Waals surface area contributed by atoms with Gasteiger partial charge in [0.15, 0.2) is 0 Å². The van der Waals surface area contributed by atoms with Crippen molar-refractivity contribution in [1.82, 2.24) is 0 Å². The van der Waals surface area contributed by atoms with E-state index in [9.17, 15) is 9.90 Å². The number of hydrogen-bond donors (Lipinski definition) is 2. The van der Waals surface area contributed by atoms with Crippen molar-refractivity contribution in [3.8, 4) is 5.75 Å². The fourth-order valence-corrected chi connectivity index (χ4v) is 2.71. The Balaban J connectivity index is 2.27. The Labute approximate surface area is 142 Å². The van der Waals surface area contributed by atoms with Crippen LogP contribution in [0.4, 0.5) is 5.69 Å². The van der Waals surface area contributed by atoms with Crippen LogP contribution < -0.4 is 10.5 Å². The van der Waals surface area contributed by atoms with Crippen LogP contribution in [0.3, 0.4) is 0 Å². The minimum atomic E-state index is -0.838. The van der Waals surface area contributed by atoms with Gasteiger partial charge in [0.05, 0.1) is 13.0 Å². The molecule has 2 unspecified atom stereocenters. The summed E-state index contributed by atoms with van der Waals surface area (Å²) in [5.41, 5.74) is 9.10. The van der Waals surface area contributed by atoms with Gasteiger partial charge in [0.1, 0.15) is 5.75 Å². The molecule has 0 amide bonds. The molecule has 0 radical (unpaired) electrons. The van der Waals surface area contributed by atoms with E-state index in [1.165, 1.54) is 0 Å². The molecule has 0 spiro atoms. The van der Waals surface area contributed by atoms with E-state index in [0.717, 1.165) is 22.4 Å². The third kappa shape index (κ3) is 4.16. The van der Waals surface area contributed by atoms with Crippen LogP contribution in [0.25, 0.3) is 6.08 Å². The molecule has 0 aliphatic heterocycles. The van der Waals surface area contributed by atoms with Gasteiger partial charge in [0.2, 0.25) is 0 Å². The van der Waals surface area contributed by atoms with Crippen molar-refractivity contribution < 1.29 is 14.6 Å². The zero-order valence-corrected chi connectivity index (χ0v) is 14.2. The highest BCUT2D eigenvalue weighted by atomic mass is 16.5. The quantitative estimate of drug-likeness (QED) is 0.781. The zero-order chi connectivity index (χ0) is 17.7. The number of aliphatic carboxylic acids is 1. The summed E-state index contributed by atoms with van der Waals surface area (Å²) in [5, 5.41) is 9.67. The molecule has 0 aliphatic rings. The molecule has 2 aromatic carbocycles. The summed E-state index contributed by atoms with van der Waals surface area (Å²) in [6.45, 7) is 3.90. The predicted octanol–water partition coefficient (Wildman–Crippen LogP) is 4.19. The van der Waals surface area contributed by atoms with Crippen LogP contribution in [-0.2, 0) is 4.79 Å². The Kier molecular flexibility index (Phi) is 5.64. The van der Waals surface area contributed by atoms with E-state index in [-0.39, 0.29) is 5.92 Å². The normalized spacial score (nSPS) is 14.0. The lowest BCUT2D eigenvalue weighted by atomic mass is 9.82. The van der Waals surface area contributed by atoms with Gasteiger partial charge in [-0.05, 0) is 48.2 Å². The Morgan fingerprint density at radius 2 is 1.71 bits per heavy atom. The second kappa shape index (κ2) is 7.68. The average molecular weight is 325 g/mol. The Morgan fingerprint density at radius 1 is 1.12 bits per heavy atom. The maximum Gasteiger partial charge on any atom is 0.311 e. The van der Waals surface area contributed by atoms with E-state index in [4.69, 9.17) is 10.5 Å². The van der Waals surface area contributed by atoms with Gasteiger partial charge in [-0.25, -0.2) is 0 Å². The van der Waals surface area contributed by atoms with Gasteiger partial charge < -0.3 is 15.6 Å². The highest BCUT2D eigenvalue weighted by Gasteiger charge is 2.27. The second-order valence-corrected chi connectivity index (χ2v) is 5.93. The smallest absolute Gasteiger partial charge is 0.311 e. The molecule has 0 aromatic heterocycles. The van der Waals surface area contributed by atoms with E-state index < -0.39 is 11.9 Å². The van der Waals surface area contributed by atoms with Crippen LogP contribution >= 0.6 is 0 Å². The lowest BCUT2D eigenvalue weighted by molar-refractivity contribution is -0.139. The summed E-state index contributed by atoms with van der Waals surface area (Å²) in [5.74, 6) is -0.800. The van der Waals surface area contributed by atoms with Crippen molar-refractivity contribution in [2.45, 2.75) is 19.8 Å². The zero-order valence-electron chi connectivity index (χ0n) is 14.2. The Morgan fingerprint density at radius 3 is 2.21 bits per heavy atom. The van der Waals surface area contributed by atoms with Gasteiger partial charge in [0.25, 0.3) is 0 Å². The van der Waals surface area contributed by atoms with E-state index in [1.807, 2.05) is 44.2 Å². The minimum Gasteiger partial charge on any atom is -0.497 e. The first-order chi connectivity index (χ1) is 11.4. The third-order valence-corrected chi connectivity index (χ3v) is 4.29. The third-order valence-electron chi connectivity index (χ3n) is 4.29. The average Bonchev–Trinajstić information content (AvgIpc) is 2.57. The maximum absolute atomic E-state index is 11.8. The fourth-order valence-electron chi connectivity index (χ4n) is 2.71. The van der Waals surface area contributed by atoms with Crippen LogP contribution in [0, 0.1) is 5.92 Å². The Hall–Kier alpha value is -2.75. The number of allylic oxidation sites excluding steroid dienone is 1. The van der Waals surface area contributed by atoms with Crippen molar-refractivity contribution in [2.75, 3.05) is 12.8 Å². The molecule has 4 nitrogen and oxygen atoms in total. The molecule has 24 heavy (non-hydrogen) atoms. The lowest BCUT2D eigenvalue weighted by Gasteiger charge is -2.22. The standard InChI is InChI=1S/C20H23NO3/c1-13(12-15-4-10-18(24-3)11-5-15)14(2)19(20(22)23)16-6-8-17(21)9-7-16/h4-12,14,19H,21H2,1-3H3,(H,22,23). The molecule has 0 bridgehead atoms. The van der Waals surface area contributed by atoms with Crippen molar-refractivity contribution in [2.24, 2.45) is 5.92 Å². The van der Waals surface area contributed by atoms with Crippen molar-refractivity contribution in [3.63, 3.8) is 0 Å². The number of hydrogen-bond acceptors (Lipinski definition) is 3. The molecule has 2 aromatic rings. The minimum absolute atomic E-state index is 0.145. The molecule has 0 aliphatic carbocycles. The van der Waals surface area contributed by atoms with Gasteiger partial charge >= 0.3 is 5.97 Å². The molecular weight excluding hydrogens is 302 g/mol. The SMILES string of the molecule is COc1ccc(C=C(C)C(C)C(C(=O)O)c2ccc(N)cc2)cc1. The molecular formula is C20H23NO3. The number of methoxy groups -OCH3 is 1. The first-order valence-corrected chi connectivity index (χ1v) is 7.83. The number of nitrogen functional groups attached to an aromatic ring is 1. The highest BCUT2D eigenvalue weighted by molar-refractivity contribution is 5.77. The van der Waals surface area contributed by atoms with E-state index in [0.29, 0.717) is 5.69 Å². The Bertz CT molecular complexity index is 718. The van der Waals surface area contributed by atoms with E-state index >= 15 is 0 Å². The highest BCUT2D eigenvalue weighted by Crippen LogP contribution is 2.31. The fraction of sp³-hybridized carbons (Fsp3) is 0.250. The van der Waals surface area contributed by atoms with Gasteiger partial charge in [-0.15, -0.1) is 0 Å². The summed E-state index contributed by atoms with van der Waals surface area (Å²) >= 11 is 0. The van der Waals surface area contributed by atoms with Crippen molar-refractivity contribution in [3.05, 3.63) is 65.2 Å².